The Bertz CT molecular complexity index is 440. The number of rotatable bonds is 4. The normalized spacial score (nSPS) is 22.5. The van der Waals surface area contributed by atoms with Gasteiger partial charge in [0.2, 0.25) is 0 Å². The molecule has 1 aromatic carbocycles. The van der Waals surface area contributed by atoms with E-state index in [1.807, 2.05) is 12.1 Å². The molecule has 0 aromatic heterocycles. The summed E-state index contributed by atoms with van der Waals surface area (Å²) < 4.78 is 5.42. The van der Waals surface area contributed by atoms with Gasteiger partial charge in [0.25, 0.3) is 0 Å². The number of halogens is 1. The highest BCUT2D eigenvalue weighted by Gasteiger charge is 2.22. The van der Waals surface area contributed by atoms with Gasteiger partial charge in [-0.2, -0.15) is 0 Å². The third-order valence-electron chi connectivity index (χ3n) is 4.68. The van der Waals surface area contributed by atoms with E-state index in [4.69, 9.17) is 16.3 Å². The van der Waals surface area contributed by atoms with Gasteiger partial charge < -0.3 is 4.74 Å². The summed E-state index contributed by atoms with van der Waals surface area (Å²) in [7, 11) is 0. The monoisotopic (exact) mass is 308 g/mol. The van der Waals surface area contributed by atoms with Gasteiger partial charge in [-0.25, -0.2) is 0 Å². The summed E-state index contributed by atoms with van der Waals surface area (Å²) in [5.74, 6) is 0.852. The molecule has 0 amide bonds. The van der Waals surface area contributed by atoms with E-state index in [-0.39, 0.29) is 0 Å². The molecule has 0 N–H and O–H groups in total. The number of benzene rings is 1. The van der Waals surface area contributed by atoms with Gasteiger partial charge in [-0.1, -0.05) is 29.8 Å². The molecule has 0 spiro atoms. The van der Waals surface area contributed by atoms with E-state index in [0.717, 1.165) is 43.8 Å². The average Bonchev–Trinajstić information content (AvgIpc) is 2.52. The lowest BCUT2D eigenvalue weighted by atomic mass is 9.95. The van der Waals surface area contributed by atoms with Crippen LogP contribution in [0.1, 0.15) is 18.4 Å². The molecule has 2 fully saturated rings. The second-order valence-corrected chi connectivity index (χ2v) is 6.63. The molecule has 3 rings (SSSR count). The minimum Gasteiger partial charge on any atom is -0.379 e. The first-order valence-corrected chi connectivity index (χ1v) is 8.45. The summed E-state index contributed by atoms with van der Waals surface area (Å²) in [5.41, 5.74) is 1.26. The molecular weight excluding hydrogens is 284 g/mol. The van der Waals surface area contributed by atoms with Crippen molar-refractivity contribution in [3.05, 3.63) is 34.9 Å². The highest BCUT2D eigenvalue weighted by molar-refractivity contribution is 6.31. The average molecular weight is 309 g/mol. The first-order valence-electron chi connectivity index (χ1n) is 8.07. The Kier molecular flexibility index (Phi) is 5.53. The van der Waals surface area contributed by atoms with Crippen molar-refractivity contribution in [3.63, 3.8) is 0 Å². The molecule has 0 radical (unpaired) electrons. The number of ether oxygens (including phenoxy) is 1. The molecule has 0 unspecified atom stereocenters. The van der Waals surface area contributed by atoms with E-state index in [9.17, 15) is 0 Å². The van der Waals surface area contributed by atoms with Crippen LogP contribution in [0.25, 0.3) is 0 Å². The zero-order valence-electron chi connectivity index (χ0n) is 12.6. The summed E-state index contributed by atoms with van der Waals surface area (Å²) >= 11 is 6.26. The van der Waals surface area contributed by atoms with Crippen LogP contribution in [-0.4, -0.2) is 55.7 Å². The zero-order chi connectivity index (χ0) is 14.5. The Balaban J connectivity index is 1.43. The molecule has 0 atom stereocenters. The van der Waals surface area contributed by atoms with E-state index in [0.29, 0.717) is 0 Å². The first-order chi connectivity index (χ1) is 10.3. The van der Waals surface area contributed by atoms with Crippen LogP contribution in [0.5, 0.6) is 0 Å². The summed E-state index contributed by atoms with van der Waals surface area (Å²) in [6.45, 7) is 8.67. The molecule has 3 nitrogen and oxygen atoms in total. The van der Waals surface area contributed by atoms with E-state index >= 15 is 0 Å². The second kappa shape index (κ2) is 7.59. The maximum atomic E-state index is 6.26. The summed E-state index contributed by atoms with van der Waals surface area (Å²) in [5, 5.41) is 0.896. The second-order valence-electron chi connectivity index (χ2n) is 6.22. The first kappa shape index (κ1) is 15.3. The van der Waals surface area contributed by atoms with Crippen molar-refractivity contribution in [1.82, 2.24) is 9.80 Å². The fourth-order valence-electron chi connectivity index (χ4n) is 3.34. The third-order valence-corrected chi connectivity index (χ3v) is 5.05. The van der Waals surface area contributed by atoms with Gasteiger partial charge in [0.15, 0.2) is 0 Å². The van der Waals surface area contributed by atoms with Crippen LogP contribution in [0.2, 0.25) is 5.02 Å². The van der Waals surface area contributed by atoms with Gasteiger partial charge in [-0.15, -0.1) is 0 Å². The molecule has 0 saturated carbocycles. The van der Waals surface area contributed by atoms with Crippen LogP contribution in [0.4, 0.5) is 0 Å². The molecule has 0 bridgehead atoms. The molecule has 2 heterocycles. The van der Waals surface area contributed by atoms with Crippen molar-refractivity contribution in [2.24, 2.45) is 5.92 Å². The van der Waals surface area contributed by atoms with E-state index < -0.39 is 0 Å². The lowest BCUT2D eigenvalue weighted by Crippen LogP contribution is -2.42. The minimum absolute atomic E-state index is 0.852. The molecular formula is C17H25ClN2O. The van der Waals surface area contributed by atoms with Crippen molar-refractivity contribution in [1.29, 1.82) is 0 Å². The van der Waals surface area contributed by atoms with Crippen molar-refractivity contribution in [2.75, 3.05) is 45.9 Å². The number of hydrogen-bond acceptors (Lipinski definition) is 3. The fourth-order valence-corrected chi connectivity index (χ4v) is 3.54. The predicted molar refractivity (Wildman–Crippen MR) is 86.7 cm³/mol. The van der Waals surface area contributed by atoms with E-state index in [2.05, 4.69) is 21.9 Å². The molecule has 21 heavy (non-hydrogen) atoms. The Morgan fingerprint density at radius 2 is 1.71 bits per heavy atom. The standard InChI is InChI=1S/C17H25ClN2O/c18-17-4-2-1-3-16(17)14-19-7-5-15(6-8-19)13-20-9-11-21-12-10-20/h1-4,15H,5-14H2. The zero-order valence-corrected chi connectivity index (χ0v) is 13.4. The molecule has 4 heteroatoms. The Hall–Kier alpha value is -0.610. The van der Waals surface area contributed by atoms with Crippen LogP contribution < -0.4 is 0 Å². The third kappa shape index (κ3) is 4.43. The van der Waals surface area contributed by atoms with Gasteiger partial charge in [-0.05, 0) is 43.5 Å². The maximum absolute atomic E-state index is 6.26. The number of morpholine rings is 1. The molecule has 1 aromatic rings. The van der Waals surface area contributed by atoms with Crippen molar-refractivity contribution in [3.8, 4) is 0 Å². The Morgan fingerprint density at radius 3 is 2.43 bits per heavy atom. The smallest absolute Gasteiger partial charge is 0.0594 e. The lowest BCUT2D eigenvalue weighted by molar-refractivity contribution is 0.0242. The van der Waals surface area contributed by atoms with Crippen molar-refractivity contribution in [2.45, 2.75) is 19.4 Å². The number of likely N-dealkylation sites (tertiary alicyclic amines) is 1. The van der Waals surface area contributed by atoms with Crippen LogP contribution in [0.3, 0.4) is 0 Å². The molecule has 2 aliphatic rings. The number of nitrogens with zero attached hydrogens (tertiary/aromatic N) is 2. The molecule has 2 saturated heterocycles. The summed E-state index contributed by atoms with van der Waals surface area (Å²) in [4.78, 5) is 5.11. The van der Waals surface area contributed by atoms with Crippen LogP contribution in [0, 0.1) is 5.92 Å². The maximum Gasteiger partial charge on any atom is 0.0594 e. The fraction of sp³-hybridized carbons (Fsp3) is 0.647. The van der Waals surface area contributed by atoms with E-state index in [1.54, 1.807) is 0 Å². The minimum atomic E-state index is 0.852. The number of piperidine rings is 1. The summed E-state index contributed by atoms with van der Waals surface area (Å²) in [6, 6.07) is 8.21. The lowest BCUT2D eigenvalue weighted by Gasteiger charge is -2.36. The van der Waals surface area contributed by atoms with Crippen LogP contribution in [-0.2, 0) is 11.3 Å². The highest BCUT2D eigenvalue weighted by Crippen LogP contribution is 2.23. The summed E-state index contributed by atoms with van der Waals surface area (Å²) in [6.07, 6.45) is 2.61. The van der Waals surface area contributed by atoms with Crippen molar-refractivity contribution >= 4 is 11.6 Å². The molecule has 0 aliphatic carbocycles. The predicted octanol–water partition coefficient (Wildman–Crippen LogP) is 2.88. The number of hydrogen-bond donors (Lipinski definition) is 0. The molecule has 116 valence electrons. The topological polar surface area (TPSA) is 15.7 Å². The van der Waals surface area contributed by atoms with Crippen molar-refractivity contribution < 1.29 is 4.74 Å². The Labute approximate surface area is 132 Å². The Morgan fingerprint density at radius 1 is 1.00 bits per heavy atom. The SMILES string of the molecule is Clc1ccccc1CN1CCC(CN2CCOCC2)CC1. The van der Waals surface area contributed by atoms with Gasteiger partial charge in [0, 0.05) is 31.2 Å². The van der Waals surface area contributed by atoms with Gasteiger partial charge in [-0.3, -0.25) is 9.80 Å². The largest absolute Gasteiger partial charge is 0.379 e. The van der Waals surface area contributed by atoms with E-state index in [1.165, 1.54) is 38.0 Å². The highest BCUT2D eigenvalue weighted by atomic mass is 35.5. The van der Waals surface area contributed by atoms with Gasteiger partial charge in [0.1, 0.15) is 0 Å². The van der Waals surface area contributed by atoms with Crippen LogP contribution >= 0.6 is 11.6 Å². The van der Waals surface area contributed by atoms with Crippen LogP contribution in [0.15, 0.2) is 24.3 Å². The van der Waals surface area contributed by atoms with Gasteiger partial charge >= 0.3 is 0 Å². The molecule has 2 aliphatic heterocycles. The quantitative estimate of drug-likeness (QED) is 0.850. The van der Waals surface area contributed by atoms with Gasteiger partial charge in [0.05, 0.1) is 13.2 Å².